The first-order valence-corrected chi connectivity index (χ1v) is 7.83. The molecule has 0 fully saturated rings. The van der Waals surface area contributed by atoms with E-state index in [2.05, 4.69) is 20.7 Å². The highest BCUT2D eigenvalue weighted by atomic mass is 16.1. The molecule has 1 unspecified atom stereocenters. The second-order valence-electron chi connectivity index (χ2n) is 5.99. The number of nitrogens with one attached hydrogen (secondary N) is 3. The highest BCUT2D eigenvalue weighted by Gasteiger charge is 2.15. The second-order valence-corrected chi connectivity index (χ2v) is 5.99. The Morgan fingerprint density at radius 1 is 1.39 bits per heavy atom. The molecule has 7 nitrogen and oxygen atoms in total. The fourth-order valence-corrected chi connectivity index (χ4v) is 2.68. The summed E-state index contributed by atoms with van der Waals surface area (Å²) < 4.78 is 1.43. The molecule has 2 aromatic rings. The van der Waals surface area contributed by atoms with Crippen molar-refractivity contribution < 1.29 is 4.79 Å². The van der Waals surface area contributed by atoms with Gasteiger partial charge in [-0.25, -0.2) is 4.98 Å². The number of rotatable bonds is 6. The molecule has 1 atom stereocenters. The SMILES string of the molecule is CNC(C)CNC(=O)CCc1c(C)nc2[nH]n(C)c(=O)c2c1C. The summed E-state index contributed by atoms with van der Waals surface area (Å²) in [4.78, 5) is 28.6. The van der Waals surface area contributed by atoms with Crippen molar-refractivity contribution in [1.29, 1.82) is 0 Å². The maximum absolute atomic E-state index is 12.2. The average molecular weight is 319 g/mol. The summed E-state index contributed by atoms with van der Waals surface area (Å²) in [6.45, 7) is 6.44. The van der Waals surface area contributed by atoms with E-state index in [1.165, 1.54) is 4.68 Å². The molecule has 0 radical (unpaired) electrons. The Morgan fingerprint density at radius 3 is 2.74 bits per heavy atom. The van der Waals surface area contributed by atoms with Crippen LogP contribution in [0.3, 0.4) is 0 Å². The van der Waals surface area contributed by atoms with E-state index in [0.717, 1.165) is 16.8 Å². The van der Waals surface area contributed by atoms with Crippen LogP contribution in [-0.2, 0) is 18.3 Å². The van der Waals surface area contributed by atoms with E-state index in [-0.39, 0.29) is 17.5 Å². The summed E-state index contributed by atoms with van der Waals surface area (Å²) in [6, 6.07) is 0.239. The van der Waals surface area contributed by atoms with Gasteiger partial charge in [0, 0.05) is 31.7 Å². The number of amides is 1. The van der Waals surface area contributed by atoms with Gasteiger partial charge in [-0.15, -0.1) is 0 Å². The fraction of sp³-hybridized carbons (Fsp3) is 0.562. The number of fused-ring (bicyclic) bond motifs is 1. The molecule has 2 rings (SSSR count). The van der Waals surface area contributed by atoms with Crippen molar-refractivity contribution in [1.82, 2.24) is 25.4 Å². The first-order chi connectivity index (χ1) is 10.8. The molecular formula is C16H25N5O2. The van der Waals surface area contributed by atoms with Crippen LogP contribution in [0.1, 0.15) is 30.2 Å². The quantitative estimate of drug-likeness (QED) is 0.724. The number of carbonyl (C=O) groups excluding carboxylic acids is 1. The van der Waals surface area contributed by atoms with Gasteiger partial charge in [-0.3, -0.25) is 19.4 Å². The van der Waals surface area contributed by atoms with E-state index in [9.17, 15) is 9.59 Å². The van der Waals surface area contributed by atoms with Crippen molar-refractivity contribution >= 4 is 16.9 Å². The van der Waals surface area contributed by atoms with Crippen LogP contribution in [0.5, 0.6) is 0 Å². The number of aromatic nitrogens is 3. The minimum atomic E-state index is -0.0847. The molecule has 0 bridgehead atoms. The average Bonchev–Trinajstić information content (AvgIpc) is 2.79. The lowest BCUT2D eigenvalue weighted by atomic mass is 10.0. The number of aryl methyl sites for hydroxylation is 3. The monoisotopic (exact) mass is 319 g/mol. The third kappa shape index (κ3) is 3.61. The first kappa shape index (κ1) is 17.2. The molecule has 23 heavy (non-hydrogen) atoms. The molecule has 2 aromatic heterocycles. The largest absolute Gasteiger partial charge is 0.355 e. The number of nitrogens with zero attached hydrogens (tertiary/aromatic N) is 2. The summed E-state index contributed by atoms with van der Waals surface area (Å²) in [7, 11) is 3.54. The van der Waals surface area contributed by atoms with Crippen LogP contribution in [0, 0.1) is 13.8 Å². The topological polar surface area (TPSA) is 91.8 Å². The maximum Gasteiger partial charge on any atom is 0.276 e. The molecule has 0 aromatic carbocycles. The Morgan fingerprint density at radius 2 is 2.09 bits per heavy atom. The van der Waals surface area contributed by atoms with Crippen LogP contribution in [-0.4, -0.2) is 40.3 Å². The van der Waals surface area contributed by atoms with Gasteiger partial charge in [0.15, 0.2) is 5.65 Å². The van der Waals surface area contributed by atoms with Gasteiger partial charge < -0.3 is 10.6 Å². The molecule has 1 amide bonds. The van der Waals surface area contributed by atoms with Crippen molar-refractivity contribution in [3.63, 3.8) is 0 Å². The highest BCUT2D eigenvalue weighted by molar-refractivity contribution is 5.80. The summed E-state index contributed by atoms with van der Waals surface area (Å²) in [5.74, 6) is 0.00738. The Kier molecular flexibility index (Phi) is 5.20. The lowest BCUT2D eigenvalue weighted by Gasteiger charge is -2.12. The summed E-state index contributed by atoms with van der Waals surface area (Å²) in [5, 5.41) is 9.53. The number of hydrogen-bond acceptors (Lipinski definition) is 4. The molecule has 7 heteroatoms. The molecule has 0 saturated carbocycles. The van der Waals surface area contributed by atoms with Crippen molar-refractivity contribution in [2.24, 2.45) is 7.05 Å². The van der Waals surface area contributed by atoms with Crippen LogP contribution in [0.4, 0.5) is 0 Å². The van der Waals surface area contributed by atoms with E-state index in [0.29, 0.717) is 30.4 Å². The van der Waals surface area contributed by atoms with Crippen molar-refractivity contribution in [2.75, 3.05) is 13.6 Å². The molecule has 126 valence electrons. The Balaban J connectivity index is 2.16. The molecule has 2 heterocycles. The van der Waals surface area contributed by atoms with E-state index >= 15 is 0 Å². The highest BCUT2D eigenvalue weighted by Crippen LogP contribution is 2.20. The molecule has 3 N–H and O–H groups in total. The van der Waals surface area contributed by atoms with Crippen molar-refractivity contribution in [3.8, 4) is 0 Å². The van der Waals surface area contributed by atoms with Crippen LogP contribution in [0.2, 0.25) is 0 Å². The van der Waals surface area contributed by atoms with E-state index in [1.807, 2.05) is 27.8 Å². The maximum atomic E-state index is 12.2. The zero-order valence-electron chi connectivity index (χ0n) is 14.4. The summed E-state index contributed by atoms with van der Waals surface area (Å²) >= 11 is 0. The number of pyridine rings is 1. The fourth-order valence-electron chi connectivity index (χ4n) is 2.68. The van der Waals surface area contributed by atoms with Gasteiger partial charge in [-0.2, -0.15) is 0 Å². The number of carbonyl (C=O) groups is 1. The zero-order chi connectivity index (χ0) is 17.1. The van der Waals surface area contributed by atoms with Gasteiger partial charge in [0.1, 0.15) is 0 Å². The number of likely N-dealkylation sites (N-methyl/N-ethyl adjacent to an activating group) is 1. The zero-order valence-corrected chi connectivity index (χ0v) is 14.4. The van der Waals surface area contributed by atoms with Crippen LogP contribution in [0.25, 0.3) is 11.0 Å². The van der Waals surface area contributed by atoms with Gasteiger partial charge in [-0.05, 0) is 45.4 Å². The normalized spacial score (nSPS) is 12.6. The van der Waals surface area contributed by atoms with Crippen LogP contribution in [0.15, 0.2) is 4.79 Å². The summed E-state index contributed by atoms with van der Waals surface area (Å²) in [5.41, 5.74) is 3.26. The standard InChI is InChI=1S/C16H25N5O2/c1-9(17-4)8-18-13(22)7-6-12-10(2)14-15(19-11(12)3)20-21(5)16(14)23/h9,17H,6-8H2,1-5H3,(H,18,22)(H,19,20). The summed E-state index contributed by atoms with van der Waals surface area (Å²) in [6.07, 6.45) is 0.963. The van der Waals surface area contributed by atoms with E-state index in [4.69, 9.17) is 0 Å². The lowest BCUT2D eigenvalue weighted by Crippen LogP contribution is -2.37. The van der Waals surface area contributed by atoms with Gasteiger partial charge >= 0.3 is 0 Å². The van der Waals surface area contributed by atoms with Crippen molar-refractivity contribution in [2.45, 2.75) is 39.7 Å². The number of H-pyrrole nitrogens is 1. The minimum absolute atomic E-state index is 0.00738. The van der Waals surface area contributed by atoms with Crippen molar-refractivity contribution in [3.05, 3.63) is 27.2 Å². The molecule has 0 spiro atoms. The Bertz CT molecular complexity index is 775. The van der Waals surface area contributed by atoms with Gasteiger partial charge in [0.05, 0.1) is 5.39 Å². The third-order valence-corrected chi connectivity index (χ3v) is 4.27. The second kappa shape index (κ2) is 6.95. The first-order valence-electron chi connectivity index (χ1n) is 7.83. The van der Waals surface area contributed by atoms with E-state index in [1.54, 1.807) is 7.05 Å². The minimum Gasteiger partial charge on any atom is -0.355 e. The number of hydrogen-bond donors (Lipinski definition) is 3. The smallest absolute Gasteiger partial charge is 0.276 e. The lowest BCUT2D eigenvalue weighted by molar-refractivity contribution is -0.121. The predicted molar refractivity (Wildman–Crippen MR) is 90.7 cm³/mol. The number of aromatic amines is 1. The molecule has 0 aliphatic carbocycles. The van der Waals surface area contributed by atoms with Gasteiger partial charge in [-0.1, -0.05) is 0 Å². The van der Waals surface area contributed by atoms with Gasteiger partial charge in [0.2, 0.25) is 5.91 Å². The molecule has 0 aliphatic heterocycles. The molecule has 0 aliphatic rings. The Hall–Kier alpha value is -2.15. The third-order valence-electron chi connectivity index (χ3n) is 4.27. The van der Waals surface area contributed by atoms with E-state index < -0.39 is 0 Å². The predicted octanol–water partition coefficient (Wildman–Crippen LogP) is 0.535. The molecule has 0 saturated heterocycles. The Labute approximate surface area is 135 Å². The van der Waals surface area contributed by atoms with Crippen LogP contribution < -0.4 is 16.2 Å². The van der Waals surface area contributed by atoms with Gasteiger partial charge in [0.25, 0.3) is 5.56 Å². The van der Waals surface area contributed by atoms with Crippen LogP contribution >= 0.6 is 0 Å². The molecular weight excluding hydrogens is 294 g/mol.